The lowest BCUT2D eigenvalue weighted by molar-refractivity contribution is 0.102. The molecule has 0 spiro atoms. The van der Waals surface area contributed by atoms with Crippen LogP contribution in [0.3, 0.4) is 0 Å². The van der Waals surface area contributed by atoms with Crippen molar-refractivity contribution in [1.82, 2.24) is 9.55 Å². The van der Waals surface area contributed by atoms with Crippen LogP contribution >= 0.6 is 11.6 Å². The first-order valence-electron chi connectivity index (χ1n) is 6.67. The Morgan fingerprint density at radius 2 is 1.96 bits per heavy atom. The number of aromatic nitrogens is 2. The van der Waals surface area contributed by atoms with Gasteiger partial charge in [-0.15, -0.1) is 0 Å². The molecule has 0 saturated carbocycles. The third-order valence-corrected chi connectivity index (χ3v) is 3.49. The average Bonchev–Trinajstić information content (AvgIpc) is 3.06. The highest BCUT2D eigenvalue weighted by molar-refractivity contribution is 6.30. The number of carbonyl (C=O) groups is 1. The van der Waals surface area contributed by atoms with Crippen molar-refractivity contribution in [2.24, 2.45) is 0 Å². The van der Waals surface area contributed by atoms with Crippen molar-refractivity contribution in [2.45, 2.75) is 0 Å². The van der Waals surface area contributed by atoms with Crippen molar-refractivity contribution in [3.8, 4) is 5.69 Å². The Morgan fingerprint density at radius 1 is 1.22 bits per heavy atom. The summed E-state index contributed by atoms with van der Waals surface area (Å²) in [5.74, 6) is -0.875. The Balaban J connectivity index is 1.88. The molecule has 5 nitrogen and oxygen atoms in total. The van der Waals surface area contributed by atoms with Crippen molar-refractivity contribution < 1.29 is 9.18 Å². The van der Waals surface area contributed by atoms with Gasteiger partial charge in [-0.1, -0.05) is 11.6 Å². The summed E-state index contributed by atoms with van der Waals surface area (Å²) in [7, 11) is 0. The standard InChI is InChI=1S/C16H11ClFN3O2/c17-12-7-10(9-19-16(12)23)15(22)20-11-3-4-13(18)14(8-11)21-5-1-2-6-21/h1-9H,(H,19,23)(H,20,22). The summed E-state index contributed by atoms with van der Waals surface area (Å²) in [6.45, 7) is 0. The van der Waals surface area contributed by atoms with Crippen LogP contribution in [0.2, 0.25) is 5.02 Å². The number of H-pyrrole nitrogens is 1. The Hall–Kier alpha value is -2.86. The molecule has 0 saturated heterocycles. The van der Waals surface area contributed by atoms with Crippen LogP contribution in [0.1, 0.15) is 10.4 Å². The average molecular weight is 332 g/mol. The first-order valence-corrected chi connectivity index (χ1v) is 7.05. The third kappa shape index (κ3) is 3.17. The van der Waals surface area contributed by atoms with Gasteiger partial charge in [0.05, 0.1) is 11.3 Å². The van der Waals surface area contributed by atoms with Gasteiger partial charge in [0, 0.05) is 24.3 Å². The van der Waals surface area contributed by atoms with Gasteiger partial charge in [0.2, 0.25) is 0 Å². The van der Waals surface area contributed by atoms with E-state index in [-0.39, 0.29) is 10.6 Å². The third-order valence-electron chi connectivity index (χ3n) is 3.21. The van der Waals surface area contributed by atoms with E-state index < -0.39 is 17.3 Å². The molecular weight excluding hydrogens is 321 g/mol. The maximum absolute atomic E-state index is 13.9. The molecule has 0 aliphatic rings. The number of benzene rings is 1. The number of nitrogens with one attached hydrogen (secondary N) is 2. The van der Waals surface area contributed by atoms with E-state index in [1.807, 2.05) is 0 Å². The van der Waals surface area contributed by atoms with Gasteiger partial charge < -0.3 is 14.9 Å². The van der Waals surface area contributed by atoms with Crippen LogP contribution in [-0.2, 0) is 0 Å². The summed E-state index contributed by atoms with van der Waals surface area (Å²) in [5, 5.41) is 2.56. The minimum Gasteiger partial charge on any atom is -0.327 e. The first kappa shape index (κ1) is 15.1. The molecular formula is C16H11ClFN3O2. The molecule has 1 aromatic carbocycles. The summed E-state index contributed by atoms with van der Waals surface area (Å²) in [6, 6.07) is 9.05. The van der Waals surface area contributed by atoms with E-state index in [1.165, 1.54) is 30.5 Å². The molecule has 1 amide bonds. The van der Waals surface area contributed by atoms with Crippen LogP contribution in [0.4, 0.5) is 10.1 Å². The lowest BCUT2D eigenvalue weighted by Crippen LogP contribution is -2.15. The number of hydrogen-bond acceptors (Lipinski definition) is 2. The minimum atomic E-state index is -0.472. The number of amides is 1. The molecule has 3 rings (SSSR count). The van der Waals surface area contributed by atoms with Gasteiger partial charge in [-0.25, -0.2) is 4.39 Å². The van der Waals surface area contributed by atoms with Gasteiger partial charge >= 0.3 is 0 Å². The molecule has 0 bridgehead atoms. The van der Waals surface area contributed by atoms with E-state index in [1.54, 1.807) is 29.1 Å². The quantitative estimate of drug-likeness (QED) is 0.774. The second-order valence-corrected chi connectivity index (χ2v) is 5.18. The molecule has 2 N–H and O–H groups in total. The predicted octanol–water partition coefficient (Wildman–Crippen LogP) is 3.21. The van der Waals surface area contributed by atoms with Crippen LogP contribution < -0.4 is 10.9 Å². The topological polar surface area (TPSA) is 66.9 Å². The second-order valence-electron chi connectivity index (χ2n) is 4.78. The fraction of sp³-hybridized carbons (Fsp3) is 0. The number of aromatic amines is 1. The van der Waals surface area contributed by atoms with Crippen molar-refractivity contribution in [1.29, 1.82) is 0 Å². The largest absolute Gasteiger partial charge is 0.327 e. The van der Waals surface area contributed by atoms with E-state index in [0.29, 0.717) is 11.4 Å². The lowest BCUT2D eigenvalue weighted by atomic mass is 10.2. The first-order chi connectivity index (χ1) is 11.0. The van der Waals surface area contributed by atoms with Crippen molar-refractivity contribution >= 4 is 23.2 Å². The molecule has 2 aromatic heterocycles. The molecule has 0 fully saturated rings. The zero-order valence-corrected chi connectivity index (χ0v) is 12.5. The Labute approximate surface area is 135 Å². The fourth-order valence-corrected chi connectivity index (χ4v) is 2.25. The van der Waals surface area contributed by atoms with Gasteiger partial charge in [0.15, 0.2) is 0 Å². The van der Waals surface area contributed by atoms with Crippen LogP contribution in [0.15, 0.2) is 59.8 Å². The number of nitrogens with zero attached hydrogens (tertiary/aromatic N) is 1. The SMILES string of the molecule is O=C(Nc1ccc(F)c(-n2cccc2)c1)c1c[nH]c(=O)c(Cl)c1. The summed E-state index contributed by atoms with van der Waals surface area (Å²) in [6.07, 6.45) is 4.66. The maximum atomic E-state index is 13.9. The zero-order chi connectivity index (χ0) is 16.4. The van der Waals surface area contributed by atoms with Crippen LogP contribution in [0.25, 0.3) is 5.69 Å². The number of rotatable bonds is 3. The van der Waals surface area contributed by atoms with Gasteiger partial charge in [0.25, 0.3) is 11.5 Å². The Bertz CT molecular complexity index is 919. The number of anilines is 1. The summed E-state index contributed by atoms with van der Waals surface area (Å²) in [5.41, 5.74) is 0.455. The molecule has 116 valence electrons. The van der Waals surface area contributed by atoms with Crippen LogP contribution in [0.5, 0.6) is 0 Å². The minimum absolute atomic E-state index is 0.0789. The highest BCUT2D eigenvalue weighted by atomic mass is 35.5. The van der Waals surface area contributed by atoms with E-state index in [4.69, 9.17) is 11.6 Å². The molecule has 0 aliphatic carbocycles. The smallest absolute Gasteiger partial charge is 0.266 e. The number of hydrogen-bond donors (Lipinski definition) is 2. The molecule has 0 radical (unpaired) electrons. The van der Waals surface area contributed by atoms with Gasteiger partial charge in [-0.05, 0) is 36.4 Å². The van der Waals surface area contributed by atoms with Crippen molar-refractivity contribution in [3.05, 3.63) is 81.7 Å². The Kier molecular flexibility index (Phi) is 3.99. The van der Waals surface area contributed by atoms with Crippen molar-refractivity contribution in [2.75, 3.05) is 5.32 Å². The number of pyridine rings is 1. The molecule has 3 aromatic rings. The zero-order valence-electron chi connectivity index (χ0n) is 11.7. The van der Waals surface area contributed by atoms with Gasteiger partial charge in [-0.3, -0.25) is 9.59 Å². The fourth-order valence-electron chi connectivity index (χ4n) is 2.07. The van der Waals surface area contributed by atoms with Crippen LogP contribution in [0, 0.1) is 5.82 Å². The molecule has 0 atom stereocenters. The van der Waals surface area contributed by atoms with Gasteiger partial charge in [0.1, 0.15) is 10.8 Å². The van der Waals surface area contributed by atoms with E-state index in [9.17, 15) is 14.0 Å². The van der Waals surface area contributed by atoms with E-state index in [0.717, 1.165) is 0 Å². The Morgan fingerprint density at radius 3 is 2.65 bits per heavy atom. The number of halogens is 2. The number of carbonyl (C=O) groups excluding carboxylic acids is 1. The maximum Gasteiger partial charge on any atom is 0.266 e. The molecule has 0 aliphatic heterocycles. The molecule has 7 heteroatoms. The lowest BCUT2D eigenvalue weighted by Gasteiger charge is -2.09. The van der Waals surface area contributed by atoms with Crippen LogP contribution in [-0.4, -0.2) is 15.5 Å². The monoisotopic (exact) mass is 331 g/mol. The highest BCUT2D eigenvalue weighted by Gasteiger charge is 2.11. The van der Waals surface area contributed by atoms with Gasteiger partial charge in [-0.2, -0.15) is 0 Å². The molecule has 23 heavy (non-hydrogen) atoms. The molecule has 2 heterocycles. The van der Waals surface area contributed by atoms with E-state index in [2.05, 4.69) is 10.3 Å². The second kappa shape index (κ2) is 6.10. The highest BCUT2D eigenvalue weighted by Crippen LogP contribution is 2.19. The molecule has 0 unspecified atom stereocenters. The summed E-state index contributed by atoms with van der Waals surface area (Å²) >= 11 is 5.70. The predicted molar refractivity (Wildman–Crippen MR) is 85.8 cm³/mol. The van der Waals surface area contributed by atoms with Crippen molar-refractivity contribution in [3.63, 3.8) is 0 Å². The normalized spacial score (nSPS) is 10.5. The van der Waals surface area contributed by atoms with E-state index >= 15 is 0 Å². The summed E-state index contributed by atoms with van der Waals surface area (Å²) < 4.78 is 15.5. The summed E-state index contributed by atoms with van der Waals surface area (Å²) in [4.78, 5) is 25.7.